The second kappa shape index (κ2) is 3.28. The lowest BCUT2D eigenvalue weighted by molar-refractivity contribution is 0.101. The van der Waals surface area contributed by atoms with Crippen molar-refractivity contribution in [2.24, 2.45) is 0 Å². The van der Waals surface area contributed by atoms with Gasteiger partial charge in [0.15, 0.2) is 5.78 Å². The minimum absolute atomic E-state index is 0.0155. The molecule has 1 aliphatic heterocycles. The topological polar surface area (TPSA) is 46.5 Å². The number of benzene rings is 1. The summed E-state index contributed by atoms with van der Waals surface area (Å²) in [6.45, 7) is 2.03. The Bertz CT molecular complexity index is 412. The number of hydrogen-bond donors (Lipinski definition) is 1. The Morgan fingerprint density at radius 2 is 2.36 bits per heavy atom. The summed E-state index contributed by atoms with van der Waals surface area (Å²) in [7, 11) is 0. The molecule has 0 spiro atoms. The van der Waals surface area contributed by atoms with Crippen molar-refractivity contribution in [1.82, 2.24) is 0 Å². The van der Waals surface area contributed by atoms with Crippen molar-refractivity contribution in [3.05, 3.63) is 21.7 Å². The molecular weight excluding hydrogens is 248 g/mol. The summed E-state index contributed by atoms with van der Waals surface area (Å²) in [4.78, 5) is 11.2. The number of Topliss-reactive ketones (excluding diaryl/α,β-unsaturated/α-hetero) is 1. The molecule has 0 atom stereocenters. The van der Waals surface area contributed by atoms with Crippen LogP contribution in [0, 0.1) is 0 Å². The molecule has 1 aromatic carbocycles. The quantitative estimate of drug-likeness (QED) is 0.785. The van der Waals surface area contributed by atoms with E-state index in [1.54, 1.807) is 6.07 Å². The number of ether oxygens (including phenoxy) is 1. The molecule has 1 aliphatic rings. The molecule has 4 heteroatoms. The maximum atomic E-state index is 11.2. The number of carbonyl (C=O) groups excluding carboxylic acids is 1. The van der Waals surface area contributed by atoms with Gasteiger partial charge in [-0.15, -0.1) is 0 Å². The Labute approximate surface area is 89.8 Å². The van der Waals surface area contributed by atoms with Crippen LogP contribution in [0.1, 0.15) is 22.8 Å². The molecule has 2 rings (SSSR count). The lowest BCUT2D eigenvalue weighted by Gasteiger charge is -2.07. The fourth-order valence-electron chi connectivity index (χ4n) is 1.55. The number of hydrogen-bond acceptors (Lipinski definition) is 3. The van der Waals surface area contributed by atoms with E-state index >= 15 is 0 Å². The van der Waals surface area contributed by atoms with Crippen LogP contribution in [0.4, 0.5) is 0 Å². The average Bonchev–Trinajstić information content (AvgIpc) is 2.58. The van der Waals surface area contributed by atoms with Gasteiger partial charge in [0.1, 0.15) is 11.5 Å². The van der Waals surface area contributed by atoms with Crippen molar-refractivity contribution in [1.29, 1.82) is 0 Å². The van der Waals surface area contributed by atoms with Crippen molar-refractivity contribution < 1.29 is 14.6 Å². The van der Waals surface area contributed by atoms with E-state index in [1.807, 2.05) is 0 Å². The standard InChI is InChI=1S/C10H9BrO3/c1-5(12)7-4-8-6(2-3-14-8)9(11)10(7)13/h4,13H,2-3H2,1H3. The van der Waals surface area contributed by atoms with Crippen molar-refractivity contribution in [3.63, 3.8) is 0 Å². The predicted molar refractivity (Wildman–Crippen MR) is 55.0 cm³/mol. The molecule has 0 radical (unpaired) electrons. The molecule has 0 bridgehead atoms. The second-order valence-corrected chi connectivity index (χ2v) is 4.01. The molecule has 74 valence electrons. The van der Waals surface area contributed by atoms with Crippen LogP contribution in [0.5, 0.6) is 11.5 Å². The molecule has 0 saturated carbocycles. The maximum absolute atomic E-state index is 11.2. The average molecular weight is 257 g/mol. The second-order valence-electron chi connectivity index (χ2n) is 3.22. The number of aromatic hydroxyl groups is 1. The third-order valence-corrected chi connectivity index (χ3v) is 3.14. The Hall–Kier alpha value is -1.03. The van der Waals surface area contributed by atoms with E-state index in [2.05, 4.69) is 15.9 Å². The molecule has 14 heavy (non-hydrogen) atoms. The Kier molecular flexibility index (Phi) is 2.23. The molecule has 3 nitrogen and oxygen atoms in total. The smallest absolute Gasteiger partial charge is 0.163 e. The first-order chi connectivity index (χ1) is 6.61. The number of carbonyl (C=O) groups is 1. The van der Waals surface area contributed by atoms with Crippen LogP contribution in [0.15, 0.2) is 10.5 Å². The van der Waals surface area contributed by atoms with E-state index in [1.165, 1.54) is 6.92 Å². The minimum Gasteiger partial charge on any atom is -0.506 e. The molecule has 0 aliphatic carbocycles. The molecule has 0 unspecified atom stereocenters. The van der Waals surface area contributed by atoms with E-state index in [0.29, 0.717) is 22.4 Å². The highest BCUT2D eigenvalue weighted by atomic mass is 79.9. The first-order valence-electron chi connectivity index (χ1n) is 4.29. The number of rotatable bonds is 1. The Balaban J connectivity index is 2.67. The third kappa shape index (κ3) is 1.30. The van der Waals surface area contributed by atoms with Gasteiger partial charge in [0, 0.05) is 12.0 Å². The van der Waals surface area contributed by atoms with Crippen LogP contribution in [0.25, 0.3) is 0 Å². The van der Waals surface area contributed by atoms with Crippen LogP contribution in [-0.4, -0.2) is 17.5 Å². The van der Waals surface area contributed by atoms with Gasteiger partial charge in [0.2, 0.25) is 0 Å². The zero-order valence-corrected chi connectivity index (χ0v) is 9.22. The number of fused-ring (bicyclic) bond motifs is 1. The van der Waals surface area contributed by atoms with Gasteiger partial charge in [-0.2, -0.15) is 0 Å². The normalized spacial score (nSPS) is 13.6. The molecule has 1 N–H and O–H groups in total. The number of ketones is 1. The molecule has 0 aromatic heterocycles. The van der Waals surface area contributed by atoms with Gasteiger partial charge in [-0.3, -0.25) is 4.79 Å². The van der Waals surface area contributed by atoms with Crippen LogP contribution in [0.2, 0.25) is 0 Å². The van der Waals surface area contributed by atoms with Gasteiger partial charge in [0.25, 0.3) is 0 Å². The van der Waals surface area contributed by atoms with Gasteiger partial charge in [-0.05, 0) is 28.9 Å². The largest absolute Gasteiger partial charge is 0.506 e. The molecule has 0 saturated heterocycles. The van der Waals surface area contributed by atoms with Crippen molar-refractivity contribution in [2.75, 3.05) is 6.61 Å². The summed E-state index contributed by atoms with van der Waals surface area (Å²) >= 11 is 3.27. The van der Waals surface area contributed by atoms with Gasteiger partial charge in [-0.1, -0.05) is 0 Å². The lowest BCUT2D eigenvalue weighted by Crippen LogP contribution is -1.95. The molecule has 0 amide bonds. The minimum atomic E-state index is -0.165. The van der Waals surface area contributed by atoms with E-state index < -0.39 is 0 Å². The van der Waals surface area contributed by atoms with Gasteiger partial charge >= 0.3 is 0 Å². The first-order valence-corrected chi connectivity index (χ1v) is 5.08. The van der Waals surface area contributed by atoms with Crippen molar-refractivity contribution >= 4 is 21.7 Å². The zero-order chi connectivity index (χ0) is 10.3. The van der Waals surface area contributed by atoms with E-state index in [0.717, 1.165) is 12.0 Å². The maximum Gasteiger partial charge on any atom is 0.163 e. The van der Waals surface area contributed by atoms with Crippen LogP contribution >= 0.6 is 15.9 Å². The molecule has 1 aromatic rings. The highest BCUT2D eigenvalue weighted by Gasteiger charge is 2.22. The summed E-state index contributed by atoms with van der Waals surface area (Å²) in [5, 5.41) is 9.71. The van der Waals surface area contributed by atoms with Crippen LogP contribution in [-0.2, 0) is 6.42 Å². The SMILES string of the molecule is CC(=O)c1cc2c(c(Br)c1O)CCO2. The highest BCUT2D eigenvalue weighted by molar-refractivity contribution is 9.10. The number of halogens is 1. The third-order valence-electron chi connectivity index (χ3n) is 2.29. The van der Waals surface area contributed by atoms with Crippen LogP contribution < -0.4 is 4.74 Å². The lowest BCUT2D eigenvalue weighted by atomic mass is 10.1. The van der Waals surface area contributed by atoms with Crippen molar-refractivity contribution in [3.8, 4) is 11.5 Å². The number of phenols is 1. The highest BCUT2D eigenvalue weighted by Crippen LogP contribution is 2.40. The monoisotopic (exact) mass is 256 g/mol. The summed E-state index contributed by atoms with van der Waals surface area (Å²) in [5.41, 5.74) is 1.24. The Morgan fingerprint density at radius 3 is 3.00 bits per heavy atom. The van der Waals surface area contributed by atoms with Crippen LogP contribution in [0.3, 0.4) is 0 Å². The van der Waals surface area contributed by atoms with Gasteiger partial charge in [-0.25, -0.2) is 0 Å². The first kappa shape index (κ1) is 9.52. The molecule has 0 fully saturated rings. The zero-order valence-electron chi connectivity index (χ0n) is 7.63. The summed E-state index contributed by atoms with van der Waals surface area (Å²) in [5.74, 6) is 0.545. The Morgan fingerprint density at radius 1 is 1.64 bits per heavy atom. The molecular formula is C10H9BrO3. The van der Waals surface area contributed by atoms with Crippen molar-refractivity contribution in [2.45, 2.75) is 13.3 Å². The fraction of sp³-hybridized carbons (Fsp3) is 0.300. The summed E-state index contributed by atoms with van der Waals surface area (Å²) in [6.07, 6.45) is 0.766. The molecule has 1 heterocycles. The van der Waals surface area contributed by atoms with E-state index in [-0.39, 0.29) is 11.5 Å². The van der Waals surface area contributed by atoms with Gasteiger partial charge in [0.05, 0.1) is 16.6 Å². The fourth-order valence-corrected chi connectivity index (χ4v) is 2.16. The van der Waals surface area contributed by atoms with Gasteiger partial charge < -0.3 is 9.84 Å². The van der Waals surface area contributed by atoms with E-state index in [9.17, 15) is 9.90 Å². The predicted octanol–water partition coefficient (Wildman–Crippen LogP) is 2.29. The van der Waals surface area contributed by atoms with E-state index in [4.69, 9.17) is 4.74 Å². The summed E-state index contributed by atoms with van der Waals surface area (Å²) in [6, 6.07) is 1.60. The summed E-state index contributed by atoms with van der Waals surface area (Å²) < 4.78 is 5.91. The number of phenolic OH excluding ortho intramolecular Hbond substituents is 1.